The molecule has 0 heterocycles. The zero-order valence-electron chi connectivity index (χ0n) is 10.8. The van der Waals surface area contributed by atoms with Crippen LogP contribution in [0, 0.1) is 6.92 Å². The first-order valence-electron chi connectivity index (χ1n) is 6.48. The smallest absolute Gasteiger partial charge is 0.119 e. The van der Waals surface area contributed by atoms with Crippen LogP contribution in [-0.4, -0.2) is 5.11 Å². The molecule has 0 saturated carbocycles. The fourth-order valence-corrected chi connectivity index (χ4v) is 3.41. The molecule has 0 saturated heterocycles. The van der Waals surface area contributed by atoms with Crippen LogP contribution in [0.5, 0.6) is 5.75 Å². The van der Waals surface area contributed by atoms with Gasteiger partial charge in [-0.15, -0.1) is 0 Å². The first kappa shape index (κ1) is 12.5. The largest absolute Gasteiger partial charge is 0.508 e. The molecule has 1 atom stereocenters. The number of hydrogen-bond acceptors (Lipinski definition) is 2. The number of benzene rings is 2. The summed E-state index contributed by atoms with van der Waals surface area (Å²) >= 11 is 3.53. The molecular formula is C16H16BrNO. The van der Waals surface area contributed by atoms with Crippen molar-refractivity contribution < 1.29 is 5.11 Å². The molecule has 2 aromatic carbocycles. The molecule has 2 N–H and O–H groups in total. The zero-order chi connectivity index (χ0) is 13.4. The molecule has 0 fully saturated rings. The Labute approximate surface area is 121 Å². The van der Waals surface area contributed by atoms with Crippen LogP contribution in [0.2, 0.25) is 0 Å². The van der Waals surface area contributed by atoms with Crippen molar-refractivity contribution in [1.29, 1.82) is 0 Å². The average Bonchev–Trinajstić information content (AvgIpc) is 2.73. The van der Waals surface area contributed by atoms with Gasteiger partial charge in [-0.2, -0.15) is 0 Å². The number of aromatic hydroxyl groups is 1. The van der Waals surface area contributed by atoms with Crippen LogP contribution in [0.3, 0.4) is 0 Å². The summed E-state index contributed by atoms with van der Waals surface area (Å²) in [5, 5.41) is 13.4. The summed E-state index contributed by atoms with van der Waals surface area (Å²) in [5.74, 6) is 0.423. The molecule has 0 radical (unpaired) electrons. The van der Waals surface area contributed by atoms with Crippen molar-refractivity contribution in [3.63, 3.8) is 0 Å². The van der Waals surface area contributed by atoms with Crippen molar-refractivity contribution in [3.8, 4) is 5.75 Å². The topological polar surface area (TPSA) is 32.3 Å². The van der Waals surface area contributed by atoms with Crippen molar-refractivity contribution in [2.24, 2.45) is 0 Å². The van der Waals surface area contributed by atoms with E-state index in [4.69, 9.17) is 0 Å². The van der Waals surface area contributed by atoms with E-state index in [0.29, 0.717) is 5.75 Å². The van der Waals surface area contributed by atoms with E-state index in [2.05, 4.69) is 52.4 Å². The van der Waals surface area contributed by atoms with Gasteiger partial charge in [-0.25, -0.2) is 0 Å². The lowest BCUT2D eigenvalue weighted by Gasteiger charge is -2.16. The Kier molecular flexibility index (Phi) is 3.23. The van der Waals surface area contributed by atoms with Crippen LogP contribution in [0.4, 0.5) is 5.69 Å². The minimum atomic E-state index is 0.288. The van der Waals surface area contributed by atoms with E-state index in [-0.39, 0.29) is 6.04 Å². The van der Waals surface area contributed by atoms with Gasteiger partial charge >= 0.3 is 0 Å². The Balaban J connectivity index is 1.89. The predicted molar refractivity (Wildman–Crippen MR) is 81.7 cm³/mol. The lowest BCUT2D eigenvalue weighted by molar-refractivity contribution is 0.469. The summed E-state index contributed by atoms with van der Waals surface area (Å²) in [5.41, 5.74) is 4.66. The van der Waals surface area contributed by atoms with E-state index >= 15 is 0 Å². The minimum Gasteiger partial charge on any atom is -0.508 e. The molecule has 1 aliphatic carbocycles. The first-order valence-corrected chi connectivity index (χ1v) is 7.27. The highest BCUT2D eigenvalue weighted by molar-refractivity contribution is 9.10. The van der Waals surface area contributed by atoms with Crippen molar-refractivity contribution >= 4 is 21.6 Å². The molecule has 1 aliphatic rings. The van der Waals surface area contributed by atoms with Gasteiger partial charge in [0.1, 0.15) is 5.75 Å². The lowest BCUT2D eigenvalue weighted by atomic mass is 10.1. The summed E-state index contributed by atoms with van der Waals surface area (Å²) in [6, 6.07) is 12.4. The van der Waals surface area contributed by atoms with Crippen LogP contribution < -0.4 is 5.32 Å². The highest BCUT2D eigenvalue weighted by Crippen LogP contribution is 2.38. The van der Waals surface area contributed by atoms with Gasteiger partial charge in [0.05, 0.1) is 6.04 Å². The maximum absolute atomic E-state index is 9.87. The summed E-state index contributed by atoms with van der Waals surface area (Å²) in [7, 11) is 0. The van der Waals surface area contributed by atoms with E-state index in [9.17, 15) is 5.11 Å². The molecule has 3 rings (SSSR count). The number of anilines is 1. The Morgan fingerprint density at radius 1 is 1.26 bits per heavy atom. The van der Waals surface area contributed by atoms with Crippen LogP contribution in [0.25, 0.3) is 0 Å². The Morgan fingerprint density at radius 2 is 2.11 bits per heavy atom. The average molecular weight is 318 g/mol. The van der Waals surface area contributed by atoms with E-state index < -0.39 is 0 Å². The third-order valence-corrected chi connectivity index (χ3v) is 4.09. The highest BCUT2D eigenvalue weighted by Gasteiger charge is 2.24. The van der Waals surface area contributed by atoms with Gasteiger partial charge in [0.2, 0.25) is 0 Å². The minimum absolute atomic E-state index is 0.288. The quantitative estimate of drug-likeness (QED) is 0.850. The van der Waals surface area contributed by atoms with Crippen molar-refractivity contribution in [2.75, 3.05) is 5.32 Å². The molecule has 1 unspecified atom stereocenters. The van der Waals surface area contributed by atoms with Crippen LogP contribution >= 0.6 is 15.9 Å². The van der Waals surface area contributed by atoms with Crippen molar-refractivity contribution in [2.45, 2.75) is 25.8 Å². The molecule has 0 bridgehead atoms. The first-order chi connectivity index (χ1) is 9.13. The lowest BCUT2D eigenvalue weighted by Crippen LogP contribution is -2.07. The summed E-state index contributed by atoms with van der Waals surface area (Å²) in [6.07, 6.45) is 1.96. The normalized spacial score (nSPS) is 17.3. The fraction of sp³-hybridized carbons (Fsp3) is 0.250. The van der Waals surface area contributed by atoms with Gasteiger partial charge < -0.3 is 10.4 Å². The van der Waals surface area contributed by atoms with Gasteiger partial charge in [-0.3, -0.25) is 0 Å². The number of hydrogen-bond donors (Lipinski definition) is 2. The Hall–Kier alpha value is -1.48. The molecule has 98 valence electrons. The van der Waals surface area contributed by atoms with Gasteiger partial charge in [-0.1, -0.05) is 28.1 Å². The molecule has 0 spiro atoms. The molecule has 2 nitrogen and oxygen atoms in total. The SMILES string of the molecule is Cc1cc(Br)cc(NC2CCc3c(O)cccc32)c1. The summed E-state index contributed by atoms with van der Waals surface area (Å²) in [4.78, 5) is 0. The summed E-state index contributed by atoms with van der Waals surface area (Å²) in [6.45, 7) is 2.09. The Morgan fingerprint density at radius 3 is 2.89 bits per heavy atom. The standard InChI is InChI=1S/C16H16BrNO/c1-10-7-11(17)9-12(8-10)18-15-6-5-14-13(15)3-2-4-16(14)19/h2-4,7-9,15,18-19H,5-6H2,1H3. The van der Waals surface area contributed by atoms with Crippen LogP contribution in [0.15, 0.2) is 40.9 Å². The third kappa shape index (κ3) is 2.47. The predicted octanol–water partition coefficient (Wildman–Crippen LogP) is 4.56. The van der Waals surface area contributed by atoms with Crippen molar-refractivity contribution in [1.82, 2.24) is 0 Å². The number of halogens is 1. The maximum Gasteiger partial charge on any atom is 0.119 e. The van der Waals surface area contributed by atoms with Crippen molar-refractivity contribution in [3.05, 3.63) is 57.6 Å². The van der Waals surface area contributed by atoms with E-state index in [1.165, 1.54) is 11.1 Å². The fourth-order valence-electron chi connectivity index (χ4n) is 2.81. The maximum atomic E-state index is 9.87. The Bertz CT molecular complexity index is 604. The number of aryl methyl sites for hydroxylation is 1. The third-order valence-electron chi connectivity index (χ3n) is 3.63. The second-order valence-electron chi connectivity index (χ2n) is 5.10. The second-order valence-corrected chi connectivity index (χ2v) is 6.01. The molecular weight excluding hydrogens is 302 g/mol. The van der Waals surface area contributed by atoms with Gasteiger partial charge in [0, 0.05) is 10.2 Å². The highest BCUT2D eigenvalue weighted by atomic mass is 79.9. The number of nitrogens with one attached hydrogen (secondary N) is 1. The molecule has 19 heavy (non-hydrogen) atoms. The van der Waals surface area contributed by atoms with Crippen LogP contribution in [-0.2, 0) is 6.42 Å². The zero-order valence-corrected chi connectivity index (χ0v) is 12.4. The second kappa shape index (κ2) is 4.89. The number of rotatable bonds is 2. The molecule has 3 heteroatoms. The molecule has 0 amide bonds. The molecule has 2 aromatic rings. The van der Waals surface area contributed by atoms with E-state index in [0.717, 1.165) is 28.6 Å². The van der Waals surface area contributed by atoms with E-state index in [1.54, 1.807) is 6.07 Å². The molecule has 0 aliphatic heterocycles. The summed E-state index contributed by atoms with van der Waals surface area (Å²) < 4.78 is 1.09. The molecule has 0 aromatic heterocycles. The number of phenols is 1. The van der Waals surface area contributed by atoms with Gasteiger partial charge in [0.15, 0.2) is 0 Å². The van der Waals surface area contributed by atoms with Crippen LogP contribution in [0.1, 0.15) is 29.2 Å². The van der Waals surface area contributed by atoms with E-state index in [1.807, 2.05) is 6.07 Å². The number of fused-ring (bicyclic) bond motifs is 1. The van der Waals surface area contributed by atoms with Gasteiger partial charge in [-0.05, 0) is 60.7 Å². The number of phenolic OH excluding ortho intramolecular Hbond substituents is 1. The monoisotopic (exact) mass is 317 g/mol. The van der Waals surface area contributed by atoms with Gasteiger partial charge in [0.25, 0.3) is 0 Å².